The third-order valence-corrected chi connectivity index (χ3v) is 8.97. The van der Waals surface area contributed by atoms with Crippen molar-refractivity contribution in [2.75, 3.05) is 19.0 Å². The van der Waals surface area contributed by atoms with Gasteiger partial charge in [0.05, 0.1) is 35.9 Å². The second-order valence-electron chi connectivity index (χ2n) is 13.2. The van der Waals surface area contributed by atoms with Crippen LogP contribution in [0.2, 0.25) is 0 Å². The lowest BCUT2D eigenvalue weighted by Gasteiger charge is -2.25. The van der Waals surface area contributed by atoms with E-state index in [1.165, 1.54) is 104 Å². The predicted octanol–water partition coefficient (Wildman–Crippen LogP) is 7.24. The molecule has 0 aliphatic carbocycles. The molecule has 0 radical (unpaired) electrons. The molecule has 1 saturated heterocycles. The Bertz CT molecular complexity index is 1730. The van der Waals surface area contributed by atoms with E-state index < -0.39 is 41.1 Å². The van der Waals surface area contributed by atoms with Crippen LogP contribution >= 0.6 is 0 Å². The van der Waals surface area contributed by atoms with Crippen molar-refractivity contribution in [2.24, 2.45) is 7.05 Å². The van der Waals surface area contributed by atoms with E-state index in [-0.39, 0.29) is 34.9 Å². The number of para-hydroxylation sites is 1. The Kier molecular flexibility index (Phi) is 13.5. The molecular formula is C38H50N4O8. The van der Waals surface area contributed by atoms with Crippen LogP contribution < -0.4 is 15.6 Å². The number of carbonyl (C=O) groups is 4. The maximum atomic E-state index is 14.1. The average molecular weight is 691 g/mol. The fourth-order valence-corrected chi connectivity index (χ4v) is 6.06. The molecule has 12 nitrogen and oxygen atoms in total. The molecule has 12 heteroatoms. The number of anilines is 1. The molecule has 3 amide bonds. The number of methoxy groups -OCH3 is 1. The molecule has 4 rings (SSSR count). The molecule has 0 bridgehead atoms. The molecule has 1 fully saturated rings. The molecule has 270 valence electrons. The number of hydrogen-bond donors (Lipinski definition) is 1. The lowest BCUT2D eigenvalue weighted by molar-refractivity contribution is -0.139. The van der Waals surface area contributed by atoms with E-state index >= 15 is 0 Å². The van der Waals surface area contributed by atoms with Crippen molar-refractivity contribution in [1.82, 2.24) is 14.5 Å². The molecule has 0 saturated carbocycles. The van der Waals surface area contributed by atoms with Gasteiger partial charge in [0.2, 0.25) is 0 Å². The van der Waals surface area contributed by atoms with Crippen molar-refractivity contribution in [3.63, 3.8) is 0 Å². The van der Waals surface area contributed by atoms with E-state index in [9.17, 15) is 24.0 Å². The maximum Gasteiger partial charge on any atom is 0.418 e. The van der Waals surface area contributed by atoms with Crippen LogP contribution in [0.25, 0.3) is 10.9 Å². The van der Waals surface area contributed by atoms with Crippen LogP contribution in [0.15, 0.2) is 47.3 Å². The Labute approximate surface area is 293 Å². The number of benzene rings is 2. The Morgan fingerprint density at radius 3 is 2.12 bits per heavy atom. The van der Waals surface area contributed by atoms with Crippen molar-refractivity contribution in [3.05, 3.63) is 64.2 Å². The number of nitrogens with zero attached hydrogens (tertiary/aromatic N) is 3. The number of nitrogens with one attached hydrogen (secondary N) is 1. The minimum Gasteiger partial charge on any atom is -0.495 e. The molecule has 2 aromatic carbocycles. The van der Waals surface area contributed by atoms with E-state index in [0.29, 0.717) is 10.3 Å². The first kappa shape index (κ1) is 38.1. The van der Waals surface area contributed by atoms with Crippen LogP contribution in [-0.4, -0.2) is 57.6 Å². The average Bonchev–Trinajstić information content (AvgIpc) is 3.30. The summed E-state index contributed by atoms with van der Waals surface area (Å²) in [5.74, 6) is -2.18. The summed E-state index contributed by atoms with van der Waals surface area (Å²) < 4.78 is 17.4. The molecule has 1 unspecified atom stereocenters. The number of esters is 1. The van der Waals surface area contributed by atoms with E-state index in [4.69, 9.17) is 14.2 Å². The number of hydrogen-bond acceptors (Lipinski definition) is 9. The van der Waals surface area contributed by atoms with Gasteiger partial charge < -0.3 is 19.5 Å². The number of amides is 3. The molecule has 1 atom stereocenters. The van der Waals surface area contributed by atoms with Crippen LogP contribution in [0.3, 0.4) is 0 Å². The van der Waals surface area contributed by atoms with Crippen LogP contribution in [0.1, 0.15) is 120 Å². The first-order valence-electron chi connectivity index (χ1n) is 17.7. The van der Waals surface area contributed by atoms with Gasteiger partial charge in [0.25, 0.3) is 17.4 Å². The zero-order valence-corrected chi connectivity index (χ0v) is 29.9. The predicted molar refractivity (Wildman–Crippen MR) is 190 cm³/mol. The molecule has 1 N–H and O–H groups in total. The molecule has 3 aromatic rings. The highest BCUT2D eigenvalue weighted by Gasteiger charge is 2.53. The second kappa shape index (κ2) is 17.8. The SMILES string of the molecule is CCCCCCCCCCCCCCOC(=O)c1ccc(OC)c(NC(=O)C(c2nc3ccccc3c(=O)n2C)N2C(=O)OC(C)(C)C2=O)c1. The van der Waals surface area contributed by atoms with Gasteiger partial charge in [-0.25, -0.2) is 19.5 Å². The standard InChI is InChI=1S/C38H50N4O8/c1-6-7-8-9-10-11-12-13-14-15-16-19-24-49-35(45)26-22-23-30(48-5)29(25-26)40-33(43)31(42-36(46)38(2,3)50-37(42)47)32-39-28-21-18-17-20-27(28)34(44)41(32)4/h17-18,20-23,25,31H,6-16,19,24H2,1-5H3,(H,40,43). The summed E-state index contributed by atoms with van der Waals surface area (Å²) in [6.07, 6.45) is 13.3. The topological polar surface area (TPSA) is 146 Å². The lowest BCUT2D eigenvalue weighted by atomic mass is 10.1. The molecule has 0 spiro atoms. The summed E-state index contributed by atoms with van der Waals surface area (Å²) in [6, 6.07) is 9.28. The van der Waals surface area contributed by atoms with E-state index in [1.807, 2.05) is 0 Å². The van der Waals surface area contributed by atoms with E-state index in [1.54, 1.807) is 24.3 Å². The summed E-state index contributed by atoms with van der Waals surface area (Å²) in [5.41, 5.74) is -1.49. The number of fused-ring (bicyclic) bond motifs is 1. The van der Waals surface area contributed by atoms with Crippen LogP contribution in [0.5, 0.6) is 5.75 Å². The van der Waals surface area contributed by atoms with Gasteiger partial charge in [0.1, 0.15) is 11.6 Å². The largest absolute Gasteiger partial charge is 0.495 e. The normalized spacial score (nSPS) is 14.5. The van der Waals surface area contributed by atoms with Crippen LogP contribution in [-0.2, 0) is 26.1 Å². The fraction of sp³-hybridized carbons (Fsp3) is 0.526. The first-order valence-corrected chi connectivity index (χ1v) is 17.7. The highest BCUT2D eigenvalue weighted by molar-refractivity contribution is 6.08. The summed E-state index contributed by atoms with van der Waals surface area (Å²) >= 11 is 0. The minimum absolute atomic E-state index is 0.0902. The van der Waals surface area contributed by atoms with Gasteiger partial charge >= 0.3 is 12.1 Å². The number of carbonyl (C=O) groups excluding carboxylic acids is 4. The van der Waals surface area contributed by atoms with Crippen LogP contribution in [0.4, 0.5) is 10.5 Å². The van der Waals surface area contributed by atoms with Gasteiger partial charge in [-0.2, -0.15) is 0 Å². The monoisotopic (exact) mass is 690 g/mol. The van der Waals surface area contributed by atoms with Gasteiger partial charge in [0, 0.05) is 7.05 Å². The number of unbranched alkanes of at least 4 members (excludes halogenated alkanes) is 11. The highest BCUT2D eigenvalue weighted by Crippen LogP contribution is 2.34. The third kappa shape index (κ3) is 9.28. The molecule has 1 aliphatic heterocycles. The Morgan fingerprint density at radius 1 is 0.900 bits per heavy atom. The van der Waals surface area contributed by atoms with Crippen molar-refractivity contribution < 1.29 is 33.4 Å². The molecule has 50 heavy (non-hydrogen) atoms. The van der Waals surface area contributed by atoms with Gasteiger partial charge in [-0.15, -0.1) is 0 Å². The molecule has 1 aliphatic rings. The molecule has 1 aromatic heterocycles. The highest BCUT2D eigenvalue weighted by atomic mass is 16.6. The Hall–Kier alpha value is -4.74. The van der Waals surface area contributed by atoms with E-state index in [0.717, 1.165) is 23.8 Å². The summed E-state index contributed by atoms with van der Waals surface area (Å²) in [5, 5.41) is 2.98. The number of ether oxygens (including phenoxy) is 3. The summed E-state index contributed by atoms with van der Waals surface area (Å²) in [6.45, 7) is 5.31. The van der Waals surface area contributed by atoms with Crippen molar-refractivity contribution >= 4 is 40.5 Å². The molecule has 2 heterocycles. The quantitative estimate of drug-likeness (QED) is 0.102. The second-order valence-corrected chi connectivity index (χ2v) is 13.2. The zero-order valence-electron chi connectivity index (χ0n) is 29.9. The van der Waals surface area contributed by atoms with E-state index in [2.05, 4.69) is 17.2 Å². The van der Waals surface area contributed by atoms with Gasteiger partial charge in [-0.05, 0) is 50.6 Å². The lowest BCUT2D eigenvalue weighted by Crippen LogP contribution is -2.45. The van der Waals surface area contributed by atoms with Crippen molar-refractivity contribution in [2.45, 2.75) is 109 Å². The van der Waals surface area contributed by atoms with Crippen molar-refractivity contribution in [1.29, 1.82) is 0 Å². The van der Waals surface area contributed by atoms with Gasteiger partial charge in [-0.3, -0.25) is 19.0 Å². The zero-order chi connectivity index (χ0) is 36.3. The fourth-order valence-electron chi connectivity index (χ4n) is 6.06. The van der Waals surface area contributed by atoms with Crippen LogP contribution in [0, 0.1) is 0 Å². The van der Waals surface area contributed by atoms with Gasteiger partial charge in [0.15, 0.2) is 11.6 Å². The van der Waals surface area contributed by atoms with Gasteiger partial charge in [-0.1, -0.05) is 89.7 Å². The maximum absolute atomic E-state index is 14.1. The Morgan fingerprint density at radius 2 is 1.52 bits per heavy atom. The number of rotatable bonds is 19. The first-order chi connectivity index (χ1) is 24.0. The molecular weight excluding hydrogens is 640 g/mol. The summed E-state index contributed by atoms with van der Waals surface area (Å²) in [4.78, 5) is 72.0. The number of cyclic esters (lactones) is 1. The Balaban J connectivity index is 1.44. The minimum atomic E-state index is -1.70. The number of aromatic nitrogens is 2. The number of imide groups is 1. The summed E-state index contributed by atoms with van der Waals surface area (Å²) in [7, 11) is 2.80. The smallest absolute Gasteiger partial charge is 0.418 e. The van der Waals surface area contributed by atoms with Crippen molar-refractivity contribution in [3.8, 4) is 5.75 Å². The third-order valence-electron chi connectivity index (χ3n) is 8.97.